The lowest BCUT2D eigenvalue weighted by Gasteiger charge is -2.42. The van der Waals surface area contributed by atoms with Gasteiger partial charge in [0.15, 0.2) is 0 Å². The maximum absolute atomic E-state index is 13.8. The van der Waals surface area contributed by atoms with E-state index in [-0.39, 0.29) is 26.9 Å². The van der Waals surface area contributed by atoms with Crippen LogP contribution in [-0.2, 0) is 16.3 Å². The minimum Gasteiger partial charge on any atom is -0.396 e. The van der Waals surface area contributed by atoms with E-state index in [9.17, 15) is 17.6 Å². The van der Waals surface area contributed by atoms with Crippen LogP contribution < -0.4 is 5.73 Å². The van der Waals surface area contributed by atoms with Gasteiger partial charge < -0.3 is 15.5 Å². The molecule has 0 unspecified atom stereocenters. The van der Waals surface area contributed by atoms with Crippen LogP contribution in [0.5, 0.6) is 0 Å². The fourth-order valence-electron chi connectivity index (χ4n) is 5.76. The third-order valence-electron chi connectivity index (χ3n) is 8.06. The molecular formula is C30H33ClFN3O3S. The third-order valence-corrected chi connectivity index (χ3v) is 10.1. The summed E-state index contributed by atoms with van der Waals surface area (Å²) in [5.41, 5.74) is 7.10. The van der Waals surface area contributed by atoms with Crippen LogP contribution in [0.15, 0.2) is 76.5 Å². The van der Waals surface area contributed by atoms with Crippen LogP contribution in [0.4, 0.5) is 10.1 Å². The van der Waals surface area contributed by atoms with Crippen molar-refractivity contribution in [2.45, 2.75) is 47.9 Å². The van der Waals surface area contributed by atoms with E-state index in [2.05, 4.69) is 4.90 Å². The summed E-state index contributed by atoms with van der Waals surface area (Å²) >= 11 is 5.98. The largest absolute Gasteiger partial charge is 0.396 e. The highest BCUT2D eigenvalue weighted by atomic mass is 35.5. The van der Waals surface area contributed by atoms with Gasteiger partial charge in [0.1, 0.15) is 5.82 Å². The Kier molecular flexibility index (Phi) is 8.26. The molecule has 206 valence electrons. The van der Waals surface area contributed by atoms with Gasteiger partial charge in [-0.15, -0.1) is 0 Å². The number of nitrogens with zero attached hydrogens (tertiary/aromatic N) is 2. The van der Waals surface area contributed by atoms with Gasteiger partial charge in [-0.05, 0) is 99.1 Å². The van der Waals surface area contributed by atoms with Gasteiger partial charge in [-0.1, -0.05) is 35.9 Å². The molecular weight excluding hydrogens is 537 g/mol. The molecule has 39 heavy (non-hydrogen) atoms. The Morgan fingerprint density at radius 1 is 0.897 bits per heavy atom. The molecule has 0 aliphatic carbocycles. The van der Waals surface area contributed by atoms with Crippen LogP contribution in [-0.4, -0.2) is 56.3 Å². The van der Waals surface area contributed by atoms with Crippen molar-refractivity contribution < 1.29 is 17.6 Å². The van der Waals surface area contributed by atoms with E-state index in [1.807, 2.05) is 12.1 Å². The first-order valence-electron chi connectivity index (χ1n) is 13.4. The number of anilines is 1. The molecule has 1 amide bonds. The molecule has 2 fully saturated rings. The second-order valence-corrected chi connectivity index (χ2v) is 12.9. The Labute approximate surface area is 234 Å². The van der Waals surface area contributed by atoms with Crippen molar-refractivity contribution in [3.8, 4) is 0 Å². The zero-order valence-corrected chi connectivity index (χ0v) is 23.3. The van der Waals surface area contributed by atoms with Crippen molar-refractivity contribution in [3.05, 3.63) is 88.7 Å². The molecule has 6 nitrogen and oxygen atoms in total. The Morgan fingerprint density at radius 3 is 2.23 bits per heavy atom. The number of rotatable bonds is 6. The quantitative estimate of drug-likeness (QED) is 0.399. The number of nitrogen functional groups attached to an aromatic ring is 1. The van der Waals surface area contributed by atoms with Gasteiger partial charge in [0.25, 0.3) is 5.91 Å². The predicted molar refractivity (Wildman–Crippen MR) is 151 cm³/mol. The number of nitrogens with two attached hydrogens (primary N) is 1. The van der Waals surface area contributed by atoms with Gasteiger partial charge in [0.05, 0.1) is 21.0 Å². The zero-order chi connectivity index (χ0) is 27.6. The van der Waals surface area contributed by atoms with Crippen LogP contribution in [0, 0.1) is 11.7 Å². The summed E-state index contributed by atoms with van der Waals surface area (Å²) in [7, 11) is -3.60. The van der Waals surface area contributed by atoms with E-state index in [0.29, 0.717) is 30.1 Å². The van der Waals surface area contributed by atoms with E-state index >= 15 is 0 Å². The van der Waals surface area contributed by atoms with Crippen LogP contribution in [0.3, 0.4) is 0 Å². The van der Waals surface area contributed by atoms with Crippen molar-refractivity contribution in [3.63, 3.8) is 0 Å². The Morgan fingerprint density at radius 2 is 1.56 bits per heavy atom. The molecule has 0 atom stereocenters. The summed E-state index contributed by atoms with van der Waals surface area (Å²) in [5.74, 6) is -0.207. The lowest BCUT2D eigenvalue weighted by atomic mass is 9.88. The Hall–Kier alpha value is -2.94. The Balaban J connectivity index is 1.10. The number of hydrogen-bond donors (Lipinski definition) is 1. The highest BCUT2D eigenvalue weighted by Crippen LogP contribution is 2.29. The molecule has 3 aromatic rings. The number of amides is 1. The molecule has 2 aliphatic rings. The minimum absolute atomic E-state index is 0.0796. The fraction of sp³-hybridized carbons (Fsp3) is 0.367. The Bertz CT molecular complexity index is 1430. The summed E-state index contributed by atoms with van der Waals surface area (Å²) < 4.78 is 39.6. The van der Waals surface area contributed by atoms with Crippen molar-refractivity contribution in [2.24, 2.45) is 5.92 Å². The van der Waals surface area contributed by atoms with Gasteiger partial charge in [0.2, 0.25) is 9.84 Å². The average Bonchev–Trinajstić information content (AvgIpc) is 2.95. The van der Waals surface area contributed by atoms with Gasteiger partial charge in [0, 0.05) is 24.2 Å². The number of carbonyl (C=O) groups is 1. The van der Waals surface area contributed by atoms with Crippen molar-refractivity contribution in [1.29, 1.82) is 0 Å². The molecule has 0 radical (unpaired) electrons. The second kappa shape index (κ2) is 11.7. The van der Waals surface area contributed by atoms with E-state index in [1.54, 1.807) is 41.3 Å². The summed E-state index contributed by atoms with van der Waals surface area (Å²) in [6.07, 6.45) is 4.89. The lowest BCUT2D eigenvalue weighted by Crippen LogP contribution is -2.49. The van der Waals surface area contributed by atoms with Gasteiger partial charge in [-0.25, -0.2) is 12.8 Å². The first-order valence-corrected chi connectivity index (χ1v) is 15.3. The third kappa shape index (κ3) is 6.13. The number of benzene rings is 3. The maximum Gasteiger partial charge on any atom is 0.256 e. The first-order chi connectivity index (χ1) is 18.7. The van der Waals surface area contributed by atoms with Crippen LogP contribution >= 0.6 is 11.6 Å². The van der Waals surface area contributed by atoms with E-state index in [0.717, 1.165) is 50.8 Å². The molecule has 3 aromatic carbocycles. The molecule has 2 saturated heterocycles. The molecule has 2 N–H and O–H groups in total. The molecule has 0 spiro atoms. The van der Waals surface area contributed by atoms with E-state index in [4.69, 9.17) is 17.3 Å². The zero-order valence-electron chi connectivity index (χ0n) is 21.7. The monoisotopic (exact) mass is 569 g/mol. The molecule has 2 aliphatic heterocycles. The number of carbonyl (C=O) groups excluding carboxylic acids is 1. The van der Waals surface area contributed by atoms with Gasteiger partial charge in [-0.3, -0.25) is 4.79 Å². The molecule has 0 bridgehead atoms. The highest BCUT2D eigenvalue weighted by Gasteiger charge is 2.31. The number of piperidine rings is 2. The van der Waals surface area contributed by atoms with Crippen LogP contribution in [0.1, 0.15) is 41.6 Å². The maximum atomic E-state index is 13.8. The standard InChI is InChI=1S/C30H33ClFN3O3S/c31-23-3-1-4-26(20-23)39(37,38)25-9-7-21(8-10-25)19-22-11-15-34(16-12-22)24-13-17-35(18-14-24)30(36)27-5-2-6-28(32)29(27)33/h1-10,20,22,24H,11-19,33H2. The lowest BCUT2D eigenvalue weighted by molar-refractivity contribution is 0.0552. The second-order valence-electron chi connectivity index (χ2n) is 10.5. The summed E-state index contributed by atoms with van der Waals surface area (Å²) in [5, 5.41) is 0.395. The number of sulfone groups is 1. The number of likely N-dealkylation sites (tertiary alicyclic amines) is 2. The number of para-hydroxylation sites is 1. The molecule has 9 heteroatoms. The van der Waals surface area contributed by atoms with E-state index < -0.39 is 15.7 Å². The fourth-order valence-corrected chi connectivity index (χ4v) is 7.32. The molecule has 0 saturated carbocycles. The van der Waals surface area contributed by atoms with E-state index in [1.165, 1.54) is 18.2 Å². The van der Waals surface area contributed by atoms with Crippen molar-refractivity contribution in [1.82, 2.24) is 9.80 Å². The highest BCUT2D eigenvalue weighted by molar-refractivity contribution is 7.91. The first kappa shape index (κ1) is 27.6. The van der Waals surface area contributed by atoms with Crippen LogP contribution in [0.2, 0.25) is 5.02 Å². The molecule has 0 aromatic heterocycles. The molecule has 2 heterocycles. The summed E-state index contributed by atoms with van der Waals surface area (Å²) in [6, 6.07) is 18.4. The van der Waals surface area contributed by atoms with Gasteiger partial charge >= 0.3 is 0 Å². The predicted octanol–water partition coefficient (Wildman–Crippen LogP) is 5.45. The normalized spacial score (nSPS) is 17.8. The SMILES string of the molecule is Nc1c(F)cccc1C(=O)N1CCC(N2CCC(Cc3ccc(S(=O)(=O)c4cccc(Cl)c4)cc3)CC2)CC1. The number of halogens is 2. The van der Waals surface area contributed by atoms with Gasteiger partial charge in [-0.2, -0.15) is 0 Å². The summed E-state index contributed by atoms with van der Waals surface area (Å²) in [6.45, 7) is 3.32. The topological polar surface area (TPSA) is 83.7 Å². The smallest absolute Gasteiger partial charge is 0.256 e. The average molecular weight is 570 g/mol. The van der Waals surface area contributed by atoms with Crippen LogP contribution in [0.25, 0.3) is 0 Å². The molecule has 5 rings (SSSR count). The summed E-state index contributed by atoms with van der Waals surface area (Å²) in [4.78, 5) is 17.6. The van der Waals surface area contributed by atoms with Crippen molar-refractivity contribution >= 4 is 33.0 Å². The number of hydrogen-bond acceptors (Lipinski definition) is 5. The van der Waals surface area contributed by atoms with Crippen molar-refractivity contribution in [2.75, 3.05) is 31.9 Å². The minimum atomic E-state index is -3.60.